The van der Waals surface area contributed by atoms with Crippen molar-refractivity contribution >= 4 is 41.0 Å². The van der Waals surface area contributed by atoms with Crippen LogP contribution in [0.15, 0.2) is 48.9 Å². The molecular formula is C27H21Cl2F2N3O7. The molecule has 2 aromatic heterocycles. The molecule has 3 heterocycles. The fraction of sp³-hybridized carbons (Fsp3) is 0.296. The number of carbonyl (C=O) groups is 3. The molecule has 2 aliphatic rings. The number of esters is 1. The Morgan fingerprint density at radius 3 is 2.51 bits per heavy atom. The Bertz CT molecular complexity index is 1460. The topological polar surface area (TPSA) is 122 Å². The summed E-state index contributed by atoms with van der Waals surface area (Å²) < 4.78 is 42.5. The number of hydrogen-bond acceptors (Lipinski definition) is 8. The van der Waals surface area contributed by atoms with Gasteiger partial charge in [0.1, 0.15) is 28.4 Å². The van der Waals surface area contributed by atoms with Crippen LogP contribution in [0.2, 0.25) is 10.0 Å². The Labute approximate surface area is 241 Å². The first-order valence-corrected chi connectivity index (χ1v) is 13.1. The summed E-state index contributed by atoms with van der Waals surface area (Å²) in [5, 5.41) is 11.7. The zero-order valence-electron chi connectivity index (χ0n) is 21.1. The van der Waals surface area contributed by atoms with Gasteiger partial charge < -0.3 is 19.4 Å². The Morgan fingerprint density at radius 2 is 1.85 bits per heavy atom. The Hall–Kier alpha value is -4.03. The minimum Gasteiger partial charge on any atom is -0.619 e. The van der Waals surface area contributed by atoms with E-state index in [4.69, 9.17) is 32.7 Å². The monoisotopic (exact) mass is 607 g/mol. The van der Waals surface area contributed by atoms with E-state index in [1.54, 1.807) is 0 Å². The Morgan fingerprint density at radius 1 is 1.12 bits per heavy atom. The molecule has 2 amide bonds. The van der Waals surface area contributed by atoms with Gasteiger partial charge in [-0.25, -0.2) is 0 Å². The average molecular weight is 608 g/mol. The van der Waals surface area contributed by atoms with Gasteiger partial charge in [0.25, 0.3) is 11.8 Å². The molecule has 0 spiro atoms. The van der Waals surface area contributed by atoms with E-state index in [-0.39, 0.29) is 51.4 Å². The van der Waals surface area contributed by atoms with Gasteiger partial charge in [-0.15, -0.1) is 0 Å². The number of carbonyl (C=O) groups excluding carboxylic acids is 3. The van der Waals surface area contributed by atoms with Crippen molar-refractivity contribution in [3.63, 3.8) is 0 Å². The van der Waals surface area contributed by atoms with Gasteiger partial charge in [-0.3, -0.25) is 24.3 Å². The molecule has 41 heavy (non-hydrogen) atoms. The van der Waals surface area contributed by atoms with Crippen molar-refractivity contribution in [1.82, 2.24) is 9.88 Å². The maximum atomic E-state index is 13.1. The lowest BCUT2D eigenvalue weighted by molar-refractivity contribution is -0.605. The number of rotatable bonds is 11. The lowest BCUT2D eigenvalue weighted by Crippen LogP contribution is -2.36. The summed E-state index contributed by atoms with van der Waals surface area (Å²) in [6, 6.07) is 6.95. The number of fused-ring (bicyclic) bond motifs is 1. The highest BCUT2D eigenvalue weighted by atomic mass is 35.5. The normalized spacial score (nSPS) is 15.2. The molecule has 1 saturated carbocycles. The number of alkyl halides is 2. The minimum absolute atomic E-state index is 0.00447. The fourth-order valence-electron chi connectivity index (χ4n) is 4.24. The standard InChI is InChI=1S/C27H21Cl2F2N3O7/c28-18-10-33(38)11-19(29)17(18)9-21(15-5-6-20(41-27(30)31)22(8-15)39-13-14-3-4-14)40-23(35)12-34-25(36)16-2-1-7-32-24(16)26(34)37/h1-2,5-8,10-11,14,21,27H,3-4,9,12-13H2. The van der Waals surface area contributed by atoms with Crippen LogP contribution in [0.1, 0.15) is 50.9 Å². The summed E-state index contributed by atoms with van der Waals surface area (Å²) in [7, 11) is 0. The van der Waals surface area contributed by atoms with Gasteiger partial charge >= 0.3 is 12.6 Å². The predicted octanol–water partition coefficient (Wildman–Crippen LogP) is 4.54. The van der Waals surface area contributed by atoms with E-state index < -0.39 is 37.0 Å². The van der Waals surface area contributed by atoms with Gasteiger partial charge in [0.2, 0.25) is 0 Å². The third-order valence-electron chi connectivity index (χ3n) is 6.47. The molecule has 1 aromatic carbocycles. The molecule has 0 radical (unpaired) electrons. The van der Waals surface area contributed by atoms with Crippen LogP contribution in [-0.4, -0.2) is 47.4 Å². The van der Waals surface area contributed by atoms with Crippen LogP contribution in [0.5, 0.6) is 11.5 Å². The largest absolute Gasteiger partial charge is 0.619 e. The zero-order valence-corrected chi connectivity index (χ0v) is 22.6. The van der Waals surface area contributed by atoms with Crippen molar-refractivity contribution < 1.29 is 42.1 Å². The number of imide groups is 1. The van der Waals surface area contributed by atoms with Gasteiger partial charge in [0.15, 0.2) is 23.9 Å². The molecule has 1 aliphatic heterocycles. The number of amides is 2. The van der Waals surface area contributed by atoms with E-state index >= 15 is 0 Å². The number of ether oxygens (including phenoxy) is 3. The van der Waals surface area contributed by atoms with Crippen LogP contribution < -0.4 is 14.2 Å². The van der Waals surface area contributed by atoms with Crippen molar-refractivity contribution in [2.45, 2.75) is 32.0 Å². The quantitative estimate of drug-likeness (QED) is 0.135. The third kappa shape index (κ3) is 6.49. The Kier molecular flexibility index (Phi) is 8.22. The molecule has 0 N–H and O–H groups in total. The van der Waals surface area contributed by atoms with Crippen LogP contribution >= 0.6 is 23.2 Å². The highest BCUT2D eigenvalue weighted by molar-refractivity contribution is 6.35. The number of aromatic nitrogens is 2. The minimum atomic E-state index is -3.10. The van der Waals surface area contributed by atoms with E-state index in [0.29, 0.717) is 21.1 Å². The van der Waals surface area contributed by atoms with Gasteiger partial charge in [-0.05, 0) is 48.6 Å². The van der Waals surface area contributed by atoms with E-state index in [1.807, 2.05) is 0 Å². The second-order valence-electron chi connectivity index (χ2n) is 9.41. The van der Waals surface area contributed by atoms with E-state index in [0.717, 1.165) is 25.2 Å². The van der Waals surface area contributed by atoms with Crippen LogP contribution in [0.25, 0.3) is 0 Å². The van der Waals surface area contributed by atoms with Crippen LogP contribution in [0.4, 0.5) is 8.78 Å². The first-order valence-electron chi connectivity index (χ1n) is 12.4. The maximum Gasteiger partial charge on any atom is 0.387 e. The molecule has 1 fully saturated rings. The summed E-state index contributed by atoms with van der Waals surface area (Å²) in [6.45, 7) is -3.55. The average Bonchev–Trinajstić information content (AvgIpc) is 3.72. The number of halogens is 4. The second kappa shape index (κ2) is 11.8. The second-order valence-corrected chi connectivity index (χ2v) is 10.2. The molecule has 10 nitrogen and oxygen atoms in total. The molecule has 1 atom stereocenters. The molecule has 0 saturated heterocycles. The summed E-state index contributed by atoms with van der Waals surface area (Å²) in [6.07, 6.45) is 4.08. The number of nitrogens with zero attached hydrogens (tertiary/aromatic N) is 3. The summed E-state index contributed by atoms with van der Waals surface area (Å²) in [5.74, 6) is -2.33. The predicted molar refractivity (Wildman–Crippen MR) is 139 cm³/mol. The van der Waals surface area contributed by atoms with Gasteiger partial charge in [0, 0.05) is 18.2 Å². The number of hydrogen-bond donors (Lipinski definition) is 0. The maximum absolute atomic E-state index is 13.1. The van der Waals surface area contributed by atoms with E-state index in [1.165, 1.54) is 36.5 Å². The van der Waals surface area contributed by atoms with Crippen molar-refractivity contribution in [3.05, 3.63) is 86.6 Å². The van der Waals surface area contributed by atoms with E-state index in [9.17, 15) is 28.4 Å². The smallest absolute Gasteiger partial charge is 0.387 e. The summed E-state index contributed by atoms with van der Waals surface area (Å²) in [5.41, 5.74) is 0.530. The molecule has 0 bridgehead atoms. The fourth-order valence-corrected chi connectivity index (χ4v) is 4.84. The summed E-state index contributed by atoms with van der Waals surface area (Å²) in [4.78, 5) is 43.1. The summed E-state index contributed by atoms with van der Waals surface area (Å²) >= 11 is 12.5. The SMILES string of the molecule is O=C(CN1C(=O)c2cccnc2C1=O)OC(Cc1c(Cl)c[n+]([O-])cc1Cl)c1ccc(OC(F)F)c(OCC2CC2)c1. The van der Waals surface area contributed by atoms with Gasteiger partial charge in [0.05, 0.1) is 12.2 Å². The molecule has 1 unspecified atom stereocenters. The van der Waals surface area contributed by atoms with Crippen LogP contribution in [0.3, 0.4) is 0 Å². The number of benzene rings is 1. The van der Waals surface area contributed by atoms with Crippen molar-refractivity contribution in [2.75, 3.05) is 13.2 Å². The van der Waals surface area contributed by atoms with Crippen LogP contribution in [-0.2, 0) is 16.0 Å². The highest BCUT2D eigenvalue weighted by Gasteiger charge is 2.38. The molecule has 14 heteroatoms. The Balaban J connectivity index is 1.43. The van der Waals surface area contributed by atoms with Gasteiger partial charge in [-0.2, -0.15) is 13.5 Å². The van der Waals surface area contributed by atoms with Gasteiger partial charge in [-0.1, -0.05) is 29.3 Å². The molecular weight excluding hydrogens is 587 g/mol. The molecule has 3 aromatic rings. The molecule has 214 valence electrons. The molecule has 5 rings (SSSR count). The number of pyridine rings is 2. The van der Waals surface area contributed by atoms with Crippen LogP contribution in [0, 0.1) is 11.1 Å². The van der Waals surface area contributed by atoms with Crippen molar-refractivity contribution in [2.24, 2.45) is 5.92 Å². The van der Waals surface area contributed by atoms with E-state index in [2.05, 4.69) is 9.72 Å². The molecule has 1 aliphatic carbocycles. The zero-order chi connectivity index (χ0) is 29.3. The first kappa shape index (κ1) is 28.5. The lowest BCUT2D eigenvalue weighted by Gasteiger charge is -2.22. The highest BCUT2D eigenvalue weighted by Crippen LogP contribution is 2.38. The first-order chi connectivity index (χ1) is 19.6. The third-order valence-corrected chi connectivity index (χ3v) is 7.12. The van der Waals surface area contributed by atoms with Crippen molar-refractivity contribution in [1.29, 1.82) is 0 Å². The van der Waals surface area contributed by atoms with Crippen molar-refractivity contribution in [3.8, 4) is 11.5 Å². The lowest BCUT2D eigenvalue weighted by atomic mass is 10.0.